The Balaban J connectivity index is 2.66. The molecule has 1 rings (SSSR count). The topological polar surface area (TPSA) is 26.3 Å². The Morgan fingerprint density at radius 1 is 1.50 bits per heavy atom. The maximum atomic E-state index is 11.6. The van der Waals surface area contributed by atoms with Gasteiger partial charge in [-0.05, 0) is 46.0 Å². The minimum Gasteiger partial charge on any atom is -0.456 e. The van der Waals surface area contributed by atoms with E-state index in [2.05, 4.69) is 26.5 Å². The molecular weight excluding hydrogens is 224 g/mol. The molecule has 0 radical (unpaired) electrons. The lowest BCUT2D eigenvalue weighted by molar-refractivity contribution is -0.157. The van der Waals surface area contributed by atoms with E-state index in [4.69, 9.17) is 4.74 Å². The van der Waals surface area contributed by atoms with Crippen LogP contribution >= 0.6 is 0 Å². The molecule has 0 saturated heterocycles. The largest absolute Gasteiger partial charge is 0.456 e. The van der Waals surface area contributed by atoms with E-state index in [-0.39, 0.29) is 5.97 Å². The molecule has 102 valence electrons. The number of ether oxygens (including phenoxy) is 1. The van der Waals surface area contributed by atoms with E-state index in [9.17, 15) is 4.79 Å². The summed E-state index contributed by atoms with van der Waals surface area (Å²) in [5, 5.41) is 0. The molecule has 18 heavy (non-hydrogen) atoms. The van der Waals surface area contributed by atoms with Crippen LogP contribution in [0.15, 0.2) is 23.8 Å². The van der Waals surface area contributed by atoms with E-state index in [1.165, 1.54) is 5.57 Å². The predicted octanol–water partition coefficient (Wildman–Crippen LogP) is 4.27. The predicted molar refractivity (Wildman–Crippen MR) is 75.2 cm³/mol. The Labute approximate surface area is 111 Å². The summed E-state index contributed by atoms with van der Waals surface area (Å²) in [6, 6.07) is 0. The normalized spacial score (nSPS) is 20.6. The Bertz CT molecular complexity index is 361. The third-order valence-electron chi connectivity index (χ3n) is 3.87. The van der Waals surface area contributed by atoms with Gasteiger partial charge in [-0.15, -0.1) is 0 Å². The Hall–Kier alpha value is -1.05. The molecule has 0 N–H and O–H groups in total. The summed E-state index contributed by atoms with van der Waals surface area (Å²) < 4.78 is 5.57. The molecule has 0 aromatic heterocycles. The first kappa shape index (κ1) is 15.0. The molecule has 2 nitrogen and oxygen atoms in total. The maximum absolute atomic E-state index is 11.6. The standard InChI is InChI=1S/C16H26O2/c1-11(2)13-7-9-14(10-8-13)16(5,6)18-15(17)12(3)4/h7,11,14H,3,8-10H2,1-2,4-6H3. The molecule has 1 aliphatic carbocycles. The van der Waals surface area contributed by atoms with E-state index < -0.39 is 5.60 Å². The zero-order valence-electron chi connectivity index (χ0n) is 12.4. The van der Waals surface area contributed by atoms with E-state index in [1.54, 1.807) is 6.92 Å². The average Bonchev–Trinajstić information content (AvgIpc) is 2.28. The summed E-state index contributed by atoms with van der Waals surface area (Å²) in [5.41, 5.74) is 1.60. The number of hydrogen-bond acceptors (Lipinski definition) is 2. The first-order chi connectivity index (χ1) is 8.24. The molecule has 2 heteroatoms. The van der Waals surface area contributed by atoms with Gasteiger partial charge >= 0.3 is 5.97 Å². The highest BCUT2D eigenvalue weighted by atomic mass is 16.6. The van der Waals surface area contributed by atoms with Gasteiger partial charge in [0.15, 0.2) is 0 Å². The number of rotatable bonds is 4. The molecule has 1 aliphatic rings. The number of hydrogen-bond donors (Lipinski definition) is 0. The first-order valence-electron chi connectivity index (χ1n) is 6.81. The van der Waals surface area contributed by atoms with Gasteiger partial charge in [0.05, 0.1) is 0 Å². The molecule has 0 aromatic carbocycles. The van der Waals surface area contributed by atoms with Crippen molar-refractivity contribution in [1.82, 2.24) is 0 Å². The molecule has 1 atom stereocenters. The fourth-order valence-electron chi connectivity index (χ4n) is 2.42. The fourth-order valence-corrected chi connectivity index (χ4v) is 2.42. The quantitative estimate of drug-likeness (QED) is 0.423. The van der Waals surface area contributed by atoms with Crippen LogP contribution in [-0.4, -0.2) is 11.6 Å². The highest BCUT2D eigenvalue weighted by molar-refractivity contribution is 5.87. The van der Waals surface area contributed by atoms with Crippen LogP contribution in [0.25, 0.3) is 0 Å². The number of allylic oxidation sites excluding steroid dienone is 2. The van der Waals surface area contributed by atoms with Gasteiger partial charge in [-0.2, -0.15) is 0 Å². The van der Waals surface area contributed by atoms with Crippen molar-refractivity contribution in [3.8, 4) is 0 Å². The van der Waals surface area contributed by atoms with Crippen molar-refractivity contribution in [3.05, 3.63) is 23.8 Å². The van der Waals surface area contributed by atoms with Gasteiger partial charge in [-0.25, -0.2) is 4.79 Å². The SMILES string of the molecule is C=C(C)C(=O)OC(C)(C)C1CC=C(C(C)C)CC1. The maximum Gasteiger partial charge on any atom is 0.333 e. The smallest absolute Gasteiger partial charge is 0.333 e. The lowest BCUT2D eigenvalue weighted by atomic mass is 9.77. The van der Waals surface area contributed by atoms with Gasteiger partial charge < -0.3 is 4.74 Å². The van der Waals surface area contributed by atoms with Crippen molar-refractivity contribution in [1.29, 1.82) is 0 Å². The minimum atomic E-state index is -0.408. The summed E-state index contributed by atoms with van der Waals surface area (Å²) in [5.74, 6) is 0.758. The van der Waals surface area contributed by atoms with Crippen LogP contribution in [0.4, 0.5) is 0 Å². The van der Waals surface area contributed by atoms with Crippen molar-refractivity contribution in [3.63, 3.8) is 0 Å². The molecular formula is C16H26O2. The van der Waals surface area contributed by atoms with Gasteiger partial charge in [-0.3, -0.25) is 0 Å². The van der Waals surface area contributed by atoms with Gasteiger partial charge in [0.25, 0.3) is 0 Å². The molecule has 0 aliphatic heterocycles. The zero-order chi connectivity index (χ0) is 13.9. The van der Waals surface area contributed by atoms with Crippen LogP contribution in [0, 0.1) is 11.8 Å². The van der Waals surface area contributed by atoms with Crippen molar-refractivity contribution >= 4 is 5.97 Å². The Morgan fingerprint density at radius 2 is 2.11 bits per heavy atom. The molecule has 0 amide bonds. The van der Waals surface area contributed by atoms with Crippen molar-refractivity contribution < 1.29 is 9.53 Å². The van der Waals surface area contributed by atoms with Crippen LogP contribution in [0.5, 0.6) is 0 Å². The average molecular weight is 250 g/mol. The highest BCUT2D eigenvalue weighted by Crippen LogP contribution is 2.36. The van der Waals surface area contributed by atoms with Gasteiger partial charge in [-0.1, -0.05) is 32.1 Å². The van der Waals surface area contributed by atoms with Crippen molar-refractivity contribution in [2.75, 3.05) is 0 Å². The van der Waals surface area contributed by atoms with E-state index in [0.29, 0.717) is 17.4 Å². The molecule has 0 fully saturated rings. The molecule has 0 aromatic rings. The summed E-state index contributed by atoms with van der Waals surface area (Å²) in [7, 11) is 0. The van der Waals surface area contributed by atoms with Gasteiger partial charge in [0.2, 0.25) is 0 Å². The summed E-state index contributed by atoms with van der Waals surface area (Å²) in [4.78, 5) is 11.6. The molecule has 0 heterocycles. The highest BCUT2D eigenvalue weighted by Gasteiger charge is 2.34. The lowest BCUT2D eigenvalue weighted by Gasteiger charge is -2.36. The van der Waals surface area contributed by atoms with E-state index >= 15 is 0 Å². The van der Waals surface area contributed by atoms with E-state index in [0.717, 1.165) is 19.3 Å². The monoisotopic (exact) mass is 250 g/mol. The number of carbonyl (C=O) groups excluding carboxylic acids is 1. The molecule has 0 saturated carbocycles. The second kappa shape index (κ2) is 5.73. The molecule has 1 unspecified atom stereocenters. The third kappa shape index (κ3) is 3.72. The van der Waals surface area contributed by atoms with Gasteiger partial charge in [0.1, 0.15) is 5.60 Å². The summed E-state index contributed by atoms with van der Waals surface area (Å²) in [6.07, 6.45) is 5.55. The Morgan fingerprint density at radius 3 is 2.50 bits per heavy atom. The van der Waals surface area contributed by atoms with Crippen LogP contribution in [0.2, 0.25) is 0 Å². The lowest BCUT2D eigenvalue weighted by Crippen LogP contribution is -2.37. The summed E-state index contributed by atoms with van der Waals surface area (Å²) in [6.45, 7) is 13.8. The zero-order valence-corrected chi connectivity index (χ0v) is 12.4. The molecule has 0 bridgehead atoms. The van der Waals surface area contributed by atoms with Crippen LogP contribution in [-0.2, 0) is 9.53 Å². The number of esters is 1. The van der Waals surface area contributed by atoms with Crippen molar-refractivity contribution in [2.24, 2.45) is 11.8 Å². The third-order valence-corrected chi connectivity index (χ3v) is 3.87. The van der Waals surface area contributed by atoms with E-state index in [1.807, 2.05) is 13.8 Å². The second-order valence-electron chi connectivity index (χ2n) is 6.18. The second-order valence-corrected chi connectivity index (χ2v) is 6.18. The molecule has 0 spiro atoms. The minimum absolute atomic E-state index is 0.279. The van der Waals surface area contributed by atoms with Crippen LogP contribution in [0.3, 0.4) is 0 Å². The van der Waals surface area contributed by atoms with Crippen LogP contribution in [0.1, 0.15) is 53.9 Å². The fraction of sp³-hybridized carbons (Fsp3) is 0.688. The van der Waals surface area contributed by atoms with Gasteiger partial charge in [0, 0.05) is 11.5 Å². The Kier molecular flexibility index (Phi) is 4.78. The van der Waals surface area contributed by atoms with Crippen molar-refractivity contribution in [2.45, 2.75) is 59.5 Å². The number of carbonyl (C=O) groups is 1. The summed E-state index contributed by atoms with van der Waals surface area (Å²) >= 11 is 0. The first-order valence-corrected chi connectivity index (χ1v) is 6.81. The van der Waals surface area contributed by atoms with Crippen LogP contribution < -0.4 is 0 Å².